The summed E-state index contributed by atoms with van der Waals surface area (Å²) in [5.74, 6) is -0.806. The molecule has 2 heterocycles. The van der Waals surface area contributed by atoms with E-state index in [-0.39, 0.29) is 16.5 Å². The zero-order valence-corrected chi connectivity index (χ0v) is 14.8. The van der Waals surface area contributed by atoms with Crippen molar-refractivity contribution in [3.8, 4) is 10.6 Å². The molecule has 0 aliphatic carbocycles. The van der Waals surface area contributed by atoms with Gasteiger partial charge in [-0.1, -0.05) is 11.6 Å². The molecule has 8 heteroatoms. The van der Waals surface area contributed by atoms with Crippen LogP contribution in [0.4, 0.5) is 4.39 Å². The van der Waals surface area contributed by atoms with Gasteiger partial charge in [0.25, 0.3) is 5.91 Å². The fourth-order valence-corrected chi connectivity index (χ4v) is 3.10. The molecule has 0 bridgehead atoms. The van der Waals surface area contributed by atoms with Gasteiger partial charge in [-0.25, -0.2) is 9.37 Å². The van der Waals surface area contributed by atoms with Crippen molar-refractivity contribution in [2.24, 2.45) is 5.73 Å². The van der Waals surface area contributed by atoms with Gasteiger partial charge in [-0.05, 0) is 38.5 Å². The van der Waals surface area contributed by atoms with E-state index in [1.165, 1.54) is 18.3 Å². The monoisotopic (exact) mass is 369 g/mol. The highest BCUT2D eigenvalue weighted by Crippen LogP contribution is 2.28. The summed E-state index contributed by atoms with van der Waals surface area (Å²) in [6.45, 7) is 4.08. The third-order valence-electron chi connectivity index (χ3n) is 3.31. The first-order valence-electron chi connectivity index (χ1n) is 7.19. The van der Waals surface area contributed by atoms with Crippen LogP contribution < -0.4 is 11.1 Å². The molecular formula is C16H17ClFN3O2S. The molecule has 5 nitrogen and oxygen atoms in total. The smallest absolute Gasteiger partial charge is 0.260 e. The van der Waals surface area contributed by atoms with Crippen molar-refractivity contribution < 1.29 is 14.0 Å². The quantitative estimate of drug-likeness (QED) is 0.850. The Morgan fingerprint density at radius 2 is 2.12 bits per heavy atom. The zero-order valence-electron chi connectivity index (χ0n) is 13.2. The summed E-state index contributed by atoms with van der Waals surface area (Å²) in [5, 5.41) is 3.65. The van der Waals surface area contributed by atoms with E-state index in [0.717, 1.165) is 17.8 Å². The van der Waals surface area contributed by atoms with Crippen LogP contribution in [0.5, 0.6) is 0 Å². The number of nitrogens with zero attached hydrogens (tertiary/aromatic N) is 1. The highest BCUT2D eigenvalue weighted by atomic mass is 35.5. The number of nitrogens with two attached hydrogens (primary N) is 1. The Morgan fingerprint density at radius 1 is 1.42 bits per heavy atom. The summed E-state index contributed by atoms with van der Waals surface area (Å²) < 4.78 is 13.1. The van der Waals surface area contributed by atoms with E-state index in [2.05, 4.69) is 10.3 Å². The molecule has 3 N–H and O–H groups in total. The van der Waals surface area contributed by atoms with Gasteiger partial charge in [0.15, 0.2) is 0 Å². The summed E-state index contributed by atoms with van der Waals surface area (Å²) in [6.07, 6.45) is 3.04. The number of carbonyl (C=O) groups excluding carboxylic acids is 2. The highest BCUT2D eigenvalue weighted by Gasteiger charge is 2.27. The maximum absolute atomic E-state index is 13.1. The van der Waals surface area contributed by atoms with E-state index >= 15 is 0 Å². The zero-order chi connectivity index (χ0) is 17.9. The lowest BCUT2D eigenvalue weighted by Gasteiger charge is -2.15. The van der Waals surface area contributed by atoms with Gasteiger partial charge in [0, 0.05) is 22.5 Å². The molecule has 0 atom stereocenters. The van der Waals surface area contributed by atoms with Crippen LogP contribution in [0.25, 0.3) is 10.6 Å². The average molecular weight is 370 g/mol. The predicted molar refractivity (Wildman–Crippen MR) is 92.5 cm³/mol. The minimum atomic E-state index is -0.550. The molecule has 0 unspecified atom stereocenters. The second-order valence-corrected chi connectivity index (χ2v) is 7.45. The molecule has 1 aliphatic rings. The molecule has 0 radical (unpaired) electrons. The first-order chi connectivity index (χ1) is 11.2. The van der Waals surface area contributed by atoms with Crippen LogP contribution in [-0.2, 0) is 4.79 Å². The van der Waals surface area contributed by atoms with Gasteiger partial charge in [-0.15, -0.1) is 11.3 Å². The Hall–Kier alpha value is -1.99. The summed E-state index contributed by atoms with van der Waals surface area (Å²) in [5.41, 5.74) is 5.69. The predicted octanol–water partition coefficient (Wildman–Crippen LogP) is 3.38. The van der Waals surface area contributed by atoms with Crippen molar-refractivity contribution in [3.05, 3.63) is 40.1 Å². The second-order valence-electron chi connectivity index (χ2n) is 5.98. The molecule has 2 amide bonds. The van der Waals surface area contributed by atoms with Gasteiger partial charge in [0.05, 0.1) is 6.20 Å². The molecule has 1 saturated heterocycles. The number of aromatic nitrogens is 1. The molecule has 0 saturated carbocycles. The average Bonchev–Trinajstić information content (AvgIpc) is 3.05. The van der Waals surface area contributed by atoms with Crippen LogP contribution in [0.2, 0.25) is 5.02 Å². The van der Waals surface area contributed by atoms with E-state index in [0.29, 0.717) is 21.9 Å². The van der Waals surface area contributed by atoms with E-state index < -0.39 is 11.7 Å². The van der Waals surface area contributed by atoms with Crippen LogP contribution in [-0.4, -0.2) is 22.3 Å². The molecule has 1 aromatic heterocycles. The van der Waals surface area contributed by atoms with E-state index in [9.17, 15) is 14.0 Å². The number of nitrogens with one attached hydrogen (secondary N) is 1. The molecule has 1 aliphatic heterocycles. The number of amides is 2. The van der Waals surface area contributed by atoms with Crippen molar-refractivity contribution in [2.45, 2.75) is 32.2 Å². The van der Waals surface area contributed by atoms with Crippen LogP contribution in [0.3, 0.4) is 0 Å². The minimum Gasteiger partial charge on any atom is -0.365 e. The molecule has 0 spiro atoms. The maximum atomic E-state index is 13.1. The number of benzene rings is 1. The number of rotatable bonds is 2. The third-order valence-corrected chi connectivity index (χ3v) is 4.59. The number of carbonyl (C=O) groups is 2. The van der Waals surface area contributed by atoms with Gasteiger partial charge in [-0.3, -0.25) is 9.59 Å². The van der Waals surface area contributed by atoms with Crippen molar-refractivity contribution in [3.63, 3.8) is 0 Å². The molecule has 2 aromatic rings. The molecule has 128 valence electrons. The summed E-state index contributed by atoms with van der Waals surface area (Å²) in [4.78, 5) is 25.7. The van der Waals surface area contributed by atoms with Gasteiger partial charge in [0.1, 0.15) is 15.7 Å². The van der Waals surface area contributed by atoms with Crippen LogP contribution in [0, 0.1) is 5.82 Å². The van der Waals surface area contributed by atoms with Crippen LogP contribution in [0.1, 0.15) is 36.4 Å². The lowest BCUT2D eigenvalue weighted by atomic mass is 10.0. The van der Waals surface area contributed by atoms with Gasteiger partial charge in [-0.2, -0.15) is 0 Å². The fraction of sp³-hybridized carbons (Fsp3) is 0.312. The minimum absolute atomic E-state index is 0.0666. The normalized spacial score (nSPS) is 15.4. The highest BCUT2D eigenvalue weighted by molar-refractivity contribution is 7.16. The molecule has 1 fully saturated rings. The van der Waals surface area contributed by atoms with Gasteiger partial charge < -0.3 is 11.1 Å². The maximum Gasteiger partial charge on any atom is 0.260 e. The van der Waals surface area contributed by atoms with E-state index in [1.54, 1.807) is 6.07 Å². The summed E-state index contributed by atoms with van der Waals surface area (Å²) in [6, 6.07) is 4.08. The van der Waals surface area contributed by atoms with Crippen LogP contribution in [0.15, 0.2) is 24.4 Å². The molecular weight excluding hydrogens is 353 g/mol. The third kappa shape index (κ3) is 5.01. The molecule has 3 rings (SSSR count). The Labute approximate surface area is 148 Å². The second kappa shape index (κ2) is 7.27. The van der Waals surface area contributed by atoms with Gasteiger partial charge in [0.2, 0.25) is 5.91 Å². The molecule has 1 aromatic carbocycles. The topological polar surface area (TPSA) is 85.1 Å². The van der Waals surface area contributed by atoms with Crippen molar-refractivity contribution in [1.82, 2.24) is 10.3 Å². The number of hydrogen-bond donors (Lipinski definition) is 2. The fourth-order valence-electron chi connectivity index (χ4n) is 2.13. The lowest BCUT2D eigenvalue weighted by Crippen LogP contribution is -2.34. The summed E-state index contributed by atoms with van der Waals surface area (Å²) >= 11 is 6.82. The number of halogens is 2. The first-order valence-corrected chi connectivity index (χ1v) is 8.39. The standard InChI is InChI=1S/C10H6ClFN2OS.C6H11NO/c11-6-1-5(2-7(12)3-6)10-14-4-8(16-10)9(13)15;1-6(2)4-3-5(8)7-6/h1-4H,(H2,13,15);3-4H2,1-2H3,(H,7,8). The number of primary amides is 1. The van der Waals surface area contributed by atoms with E-state index in [1.807, 2.05) is 13.8 Å². The Kier molecular flexibility index (Phi) is 5.56. The Balaban J connectivity index is 0.000000219. The lowest BCUT2D eigenvalue weighted by molar-refractivity contribution is -0.119. The number of hydrogen-bond acceptors (Lipinski definition) is 4. The van der Waals surface area contributed by atoms with Crippen molar-refractivity contribution >= 4 is 34.8 Å². The Bertz CT molecular complexity index is 756. The largest absolute Gasteiger partial charge is 0.365 e. The molecule has 24 heavy (non-hydrogen) atoms. The van der Waals surface area contributed by atoms with Crippen LogP contribution >= 0.6 is 22.9 Å². The first kappa shape index (κ1) is 18.4. The van der Waals surface area contributed by atoms with E-state index in [4.69, 9.17) is 17.3 Å². The van der Waals surface area contributed by atoms with Gasteiger partial charge >= 0.3 is 0 Å². The van der Waals surface area contributed by atoms with Crippen molar-refractivity contribution in [1.29, 1.82) is 0 Å². The SMILES string of the molecule is CC1(C)CCC(=O)N1.NC(=O)c1cnc(-c2cc(F)cc(Cl)c2)s1. The van der Waals surface area contributed by atoms with Crippen molar-refractivity contribution in [2.75, 3.05) is 0 Å². The Morgan fingerprint density at radius 3 is 2.54 bits per heavy atom. The number of thiazole rings is 1. The summed E-state index contributed by atoms with van der Waals surface area (Å²) in [7, 11) is 0.